The summed E-state index contributed by atoms with van der Waals surface area (Å²) in [6.45, 7) is -0.839. The van der Waals surface area contributed by atoms with Crippen molar-refractivity contribution >= 4 is 34.5 Å². The molecule has 0 saturated carbocycles. The molecule has 1 aliphatic heterocycles. The van der Waals surface area contributed by atoms with Crippen LogP contribution in [-0.2, 0) is 9.47 Å². The average molecular weight is 585 g/mol. The molecule has 1 saturated heterocycles. The van der Waals surface area contributed by atoms with Gasteiger partial charge in [0.2, 0.25) is 0 Å². The van der Waals surface area contributed by atoms with E-state index in [0.717, 1.165) is 16.7 Å². The van der Waals surface area contributed by atoms with Crippen LogP contribution >= 0.6 is 11.6 Å². The Morgan fingerprint density at radius 1 is 1.10 bits per heavy atom. The first kappa shape index (κ1) is 28.7. The van der Waals surface area contributed by atoms with E-state index in [2.05, 4.69) is 20.3 Å². The van der Waals surface area contributed by atoms with Gasteiger partial charge in [-0.05, 0) is 29.3 Å². The first-order valence-corrected chi connectivity index (χ1v) is 13.3. The number of aliphatic hydroxyl groups is 4. The lowest BCUT2D eigenvalue weighted by Crippen LogP contribution is -2.45. The van der Waals surface area contributed by atoms with Crippen molar-refractivity contribution < 1.29 is 39.4 Å². The second-order valence-electron chi connectivity index (χ2n) is 9.54. The number of rotatable bonds is 9. The normalized spacial score (nSPS) is 19.6. The molecule has 0 bridgehead atoms. The summed E-state index contributed by atoms with van der Waals surface area (Å²) in [4.78, 5) is 23.9. The molecule has 0 spiro atoms. The molecular formula is C28H29ClN4O8. The van der Waals surface area contributed by atoms with Gasteiger partial charge < -0.3 is 39.6 Å². The maximum absolute atomic E-state index is 11.8. The molecule has 216 valence electrons. The second-order valence-corrected chi connectivity index (χ2v) is 9.95. The average Bonchev–Trinajstić information content (AvgIpc) is 3.37. The van der Waals surface area contributed by atoms with Crippen molar-refractivity contribution in [2.75, 3.05) is 31.7 Å². The molecule has 2 aromatic heterocycles. The lowest BCUT2D eigenvalue weighted by Gasteiger charge is -2.31. The number of anilines is 1. The molecule has 5 rings (SSSR count). The highest BCUT2D eigenvalue weighted by Gasteiger charge is 2.31. The number of pyridine rings is 1. The highest BCUT2D eigenvalue weighted by Crippen LogP contribution is 2.32. The minimum atomic E-state index is -1.12. The quantitative estimate of drug-likeness (QED) is 0.171. The van der Waals surface area contributed by atoms with Crippen molar-refractivity contribution in [3.05, 3.63) is 59.6 Å². The third-order valence-corrected chi connectivity index (χ3v) is 6.82. The smallest absolute Gasteiger partial charge is 0.411 e. The highest BCUT2D eigenvalue weighted by atomic mass is 35.5. The molecule has 0 aliphatic carbocycles. The Morgan fingerprint density at radius 2 is 1.78 bits per heavy atom. The molecule has 13 heteroatoms. The third kappa shape index (κ3) is 6.93. The number of aromatic nitrogens is 3. The zero-order valence-electron chi connectivity index (χ0n) is 21.7. The Hall–Kier alpha value is -3.78. The molecule has 4 atom stereocenters. The molecule has 1 fully saturated rings. The molecule has 2 aromatic carbocycles. The number of amides is 1. The molecule has 1 aliphatic rings. The Morgan fingerprint density at radius 3 is 2.44 bits per heavy atom. The molecule has 4 aromatic rings. The minimum absolute atomic E-state index is 0.216. The number of nitrogens with one attached hydrogen (secondary N) is 2. The fraction of sp³-hybridized carbons (Fsp3) is 0.321. The van der Waals surface area contributed by atoms with E-state index in [1.165, 1.54) is 0 Å². The zero-order chi connectivity index (χ0) is 28.9. The van der Waals surface area contributed by atoms with Gasteiger partial charge in [0.05, 0.1) is 42.2 Å². The fourth-order valence-electron chi connectivity index (χ4n) is 4.34. The van der Waals surface area contributed by atoms with Crippen molar-refractivity contribution in [1.82, 2.24) is 15.0 Å². The molecule has 1 amide bonds. The summed E-state index contributed by atoms with van der Waals surface area (Å²) < 4.78 is 16.1. The van der Waals surface area contributed by atoms with Crippen LogP contribution in [0.1, 0.15) is 6.42 Å². The SMILES string of the molecule is O=C(Nc1ccc(-c2ccc(-c3nc4nc(OC5COC(CO)C(O)C5)[nH]c4cc3Cl)cc2)cc1)OCC(O)CO. The molecule has 12 nitrogen and oxygen atoms in total. The van der Waals surface area contributed by atoms with Crippen molar-refractivity contribution in [3.8, 4) is 28.4 Å². The first-order chi connectivity index (χ1) is 19.8. The number of ether oxygens (including phenoxy) is 3. The van der Waals surface area contributed by atoms with E-state index in [9.17, 15) is 20.1 Å². The number of hydrogen-bond donors (Lipinski definition) is 6. The number of benzene rings is 2. The van der Waals surface area contributed by atoms with E-state index < -0.39 is 37.1 Å². The Labute approximate surface area is 239 Å². The van der Waals surface area contributed by atoms with Crippen molar-refractivity contribution in [3.63, 3.8) is 0 Å². The summed E-state index contributed by atoms with van der Waals surface area (Å²) >= 11 is 6.55. The maximum Gasteiger partial charge on any atom is 0.411 e. The van der Waals surface area contributed by atoms with Crippen molar-refractivity contribution in [1.29, 1.82) is 0 Å². The van der Waals surface area contributed by atoms with Crippen LogP contribution in [0.4, 0.5) is 10.5 Å². The lowest BCUT2D eigenvalue weighted by atomic mass is 10.0. The van der Waals surface area contributed by atoms with E-state index in [1.54, 1.807) is 18.2 Å². The maximum atomic E-state index is 11.8. The molecule has 6 N–H and O–H groups in total. The van der Waals surface area contributed by atoms with Crippen LogP contribution in [0, 0.1) is 0 Å². The fourth-order valence-corrected chi connectivity index (χ4v) is 4.61. The Kier molecular flexibility index (Phi) is 8.98. The standard InChI is InChI=1S/C28H29ClN4O8/c29-21-10-22-26(33-27(31-22)41-20-9-23(37)24(12-35)39-14-20)32-25(21)17-3-1-15(2-4-17)16-5-7-18(8-6-16)30-28(38)40-13-19(36)11-34/h1-8,10,19-20,23-24,34-37H,9,11-14H2,(H,30,38)(H,31,32,33). The Balaban J connectivity index is 1.24. The van der Waals surface area contributed by atoms with Gasteiger partial charge in [0.25, 0.3) is 6.01 Å². The summed E-state index contributed by atoms with van der Waals surface area (Å²) in [6, 6.07) is 16.7. The van der Waals surface area contributed by atoms with Crippen molar-refractivity contribution in [2.45, 2.75) is 30.8 Å². The number of fused-ring (bicyclic) bond motifs is 1. The summed E-state index contributed by atoms with van der Waals surface area (Å²) in [5.41, 5.74) is 4.71. The number of carbonyl (C=O) groups excluding carboxylic acids is 1. The number of hydrogen-bond acceptors (Lipinski definition) is 10. The second kappa shape index (κ2) is 12.8. The molecule has 4 unspecified atom stereocenters. The molecule has 3 heterocycles. The monoisotopic (exact) mass is 584 g/mol. The molecule has 41 heavy (non-hydrogen) atoms. The predicted molar refractivity (Wildman–Crippen MR) is 150 cm³/mol. The van der Waals surface area contributed by atoms with E-state index in [-0.39, 0.29) is 25.8 Å². The molecular weight excluding hydrogens is 556 g/mol. The topological polar surface area (TPSA) is 179 Å². The van der Waals surface area contributed by atoms with E-state index in [1.807, 2.05) is 36.4 Å². The van der Waals surface area contributed by atoms with Gasteiger partial charge in [-0.15, -0.1) is 0 Å². The summed E-state index contributed by atoms with van der Waals surface area (Å²) in [6.07, 6.45) is -3.43. The first-order valence-electron chi connectivity index (χ1n) is 12.9. The van der Waals surface area contributed by atoms with Crippen LogP contribution in [0.5, 0.6) is 6.01 Å². The number of aromatic amines is 1. The number of aliphatic hydroxyl groups excluding tert-OH is 4. The van der Waals surface area contributed by atoms with Crippen LogP contribution in [0.25, 0.3) is 33.5 Å². The lowest BCUT2D eigenvalue weighted by molar-refractivity contribution is -0.131. The summed E-state index contributed by atoms with van der Waals surface area (Å²) in [7, 11) is 0. The summed E-state index contributed by atoms with van der Waals surface area (Å²) in [5, 5.41) is 40.4. The van der Waals surface area contributed by atoms with Gasteiger partial charge >= 0.3 is 6.09 Å². The van der Waals surface area contributed by atoms with Crippen LogP contribution in [0.3, 0.4) is 0 Å². The molecule has 0 radical (unpaired) electrons. The summed E-state index contributed by atoms with van der Waals surface area (Å²) in [5.74, 6) is 0. The van der Waals surface area contributed by atoms with E-state index in [0.29, 0.717) is 34.0 Å². The highest BCUT2D eigenvalue weighted by molar-refractivity contribution is 6.33. The van der Waals surface area contributed by atoms with Crippen molar-refractivity contribution in [2.24, 2.45) is 0 Å². The number of H-pyrrole nitrogens is 1. The predicted octanol–water partition coefficient (Wildman–Crippen LogP) is 2.74. The Bertz CT molecular complexity index is 1480. The van der Waals surface area contributed by atoms with E-state index >= 15 is 0 Å². The minimum Gasteiger partial charge on any atom is -0.459 e. The van der Waals surface area contributed by atoms with Gasteiger partial charge in [0.15, 0.2) is 5.65 Å². The number of halogens is 1. The van der Waals surface area contributed by atoms with Crippen LogP contribution in [0.2, 0.25) is 5.02 Å². The third-order valence-electron chi connectivity index (χ3n) is 6.53. The van der Waals surface area contributed by atoms with Gasteiger partial charge in [-0.1, -0.05) is 48.0 Å². The van der Waals surface area contributed by atoms with Crippen LogP contribution in [0.15, 0.2) is 54.6 Å². The van der Waals surface area contributed by atoms with Gasteiger partial charge in [0.1, 0.15) is 24.9 Å². The van der Waals surface area contributed by atoms with Gasteiger partial charge in [-0.25, -0.2) is 9.78 Å². The van der Waals surface area contributed by atoms with E-state index in [4.69, 9.17) is 30.9 Å². The zero-order valence-corrected chi connectivity index (χ0v) is 22.5. The largest absolute Gasteiger partial charge is 0.459 e. The van der Waals surface area contributed by atoms with Crippen LogP contribution in [-0.4, -0.2) is 92.3 Å². The number of carbonyl (C=O) groups is 1. The van der Waals surface area contributed by atoms with Gasteiger partial charge in [-0.3, -0.25) is 5.32 Å². The van der Waals surface area contributed by atoms with Crippen LogP contribution < -0.4 is 10.1 Å². The number of imidazole rings is 1. The van der Waals surface area contributed by atoms with Gasteiger partial charge in [0, 0.05) is 17.7 Å². The number of nitrogens with zero attached hydrogens (tertiary/aromatic N) is 2. The van der Waals surface area contributed by atoms with Gasteiger partial charge in [-0.2, -0.15) is 4.98 Å².